The van der Waals surface area contributed by atoms with E-state index in [1.54, 1.807) is 5.38 Å². The summed E-state index contributed by atoms with van der Waals surface area (Å²) in [6, 6.07) is 5.72. The Morgan fingerprint density at radius 3 is 2.84 bits per heavy atom. The van der Waals surface area contributed by atoms with Crippen molar-refractivity contribution in [3.63, 3.8) is 0 Å². The minimum absolute atomic E-state index is 0.147. The van der Waals surface area contributed by atoms with Crippen LogP contribution >= 0.6 is 33.9 Å². The average Bonchev–Trinajstić information content (AvgIpc) is 2.82. The molecule has 0 radical (unpaired) electrons. The maximum atomic E-state index is 12.1. The molecule has 0 bridgehead atoms. The van der Waals surface area contributed by atoms with Crippen molar-refractivity contribution in [2.24, 2.45) is 5.73 Å². The predicted octanol–water partition coefficient (Wildman–Crippen LogP) is 3.33. The van der Waals surface area contributed by atoms with Gasteiger partial charge in [0, 0.05) is 14.6 Å². The number of amides is 1. The molecule has 4 nitrogen and oxygen atoms in total. The number of nitrogens with zero attached hydrogens (tertiary/aromatic N) is 1. The number of nitrogens with one attached hydrogen (secondary N) is 1. The number of benzene rings is 1. The number of rotatable bonds is 3. The number of carbonyl (C=O) groups is 1. The van der Waals surface area contributed by atoms with E-state index in [1.807, 2.05) is 32.0 Å². The Kier molecular flexibility index (Phi) is 4.54. The quantitative estimate of drug-likeness (QED) is 0.794. The SMILES string of the molecule is Cc1cc(I)ccc1NC(=O)c1csc(C(C)N)n1. The molecular formula is C13H14IN3OS. The van der Waals surface area contributed by atoms with Gasteiger partial charge in [-0.25, -0.2) is 4.98 Å². The van der Waals surface area contributed by atoms with E-state index in [1.165, 1.54) is 11.3 Å². The molecule has 2 aromatic rings. The predicted molar refractivity (Wildman–Crippen MR) is 86.6 cm³/mol. The highest BCUT2D eigenvalue weighted by Gasteiger charge is 2.13. The summed E-state index contributed by atoms with van der Waals surface area (Å²) in [5.41, 5.74) is 7.98. The van der Waals surface area contributed by atoms with Crippen molar-refractivity contribution < 1.29 is 4.79 Å². The zero-order chi connectivity index (χ0) is 14.0. The molecule has 1 amide bonds. The molecule has 0 saturated heterocycles. The van der Waals surface area contributed by atoms with E-state index in [2.05, 4.69) is 32.9 Å². The molecule has 6 heteroatoms. The minimum Gasteiger partial charge on any atom is -0.322 e. The molecule has 19 heavy (non-hydrogen) atoms. The second-order valence-corrected chi connectivity index (χ2v) is 6.41. The van der Waals surface area contributed by atoms with Crippen LogP contribution in [0.5, 0.6) is 0 Å². The maximum absolute atomic E-state index is 12.1. The van der Waals surface area contributed by atoms with Gasteiger partial charge >= 0.3 is 0 Å². The number of thiazole rings is 1. The van der Waals surface area contributed by atoms with Gasteiger partial charge in [-0.2, -0.15) is 0 Å². The molecule has 0 saturated carbocycles. The number of nitrogens with two attached hydrogens (primary N) is 1. The lowest BCUT2D eigenvalue weighted by Crippen LogP contribution is -2.14. The normalized spacial score (nSPS) is 12.2. The van der Waals surface area contributed by atoms with Gasteiger partial charge in [0.15, 0.2) is 0 Å². The van der Waals surface area contributed by atoms with Crippen LogP contribution in [-0.2, 0) is 0 Å². The highest BCUT2D eigenvalue weighted by atomic mass is 127. The first-order valence-corrected chi connectivity index (χ1v) is 7.71. The van der Waals surface area contributed by atoms with Crippen LogP contribution in [0.25, 0.3) is 0 Å². The molecule has 1 aromatic carbocycles. The lowest BCUT2D eigenvalue weighted by molar-refractivity contribution is 0.102. The minimum atomic E-state index is -0.201. The summed E-state index contributed by atoms with van der Waals surface area (Å²) >= 11 is 3.65. The fourth-order valence-electron chi connectivity index (χ4n) is 1.55. The van der Waals surface area contributed by atoms with Crippen LogP contribution in [0, 0.1) is 10.5 Å². The first kappa shape index (κ1) is 14.4. The largest absolute Gasteiger partial charge is 0.322 e. The number of hydrogen-bond donors (Lipinski definition) is 2. The molecule has 3 N–H and O–H groups in total. The van der Waals surface area contributed by atoms with Gasteiger partial charge in [-0.05, 0) is 60.2 Å². The Hall–Kier alpha value is -0.990. The number of carbonyl (C=O) groups excluding carboxylic acids is 1. The van der Waals surface area contributed by atoms with Crippen molar-refractivity contribution in [1.82, 2.24) is 4.98 Å². The number of hydrogen-bond acceptors (Lipinski definition) is 4. The van der Waals surface area contributed by atoms with Crippen LogP contribution in [0.1, 0.15) is 34.0 Å². The van der Waals surface area contributed by atoms with Gasteiger partial charge in [0.2, 0.25) is 0 Å². The van der Waals surface area contributed by atoms with E-state index in [9.17, 15) is 4.79 Å². The fraction of sp³-hybridized carbons (Fsp3) is 0.231. The molecule has 1 atom stereocenters. The smallest absolute Gasteiger partial charge is 0.275 e. The lowest BCUT2D eigenvalue weighted by Gasteiger charge is -2.07. The first-order valence-electron chi connectivity index (χ1n) is 5.76. The van der Waals surface area contributed by atoms with Gasteiger partial charge in [0.1, 0.15) is 10.7 Å². The van der Waals surface area contributed by atoms with E-state index >= 15 is 0 Å². The van der Waals surface area contributed by atoms with Crippen molar-refractivity contribution >= 4 is 45.5 Å². The van der Waals surface area contributed by atoms with Crippen LogP contribution < -0.4 is 11.1 Å². The zero-order valence-corrected chi connectivity index (χ0v) is 13.6. The van der Waals surface area contributed by atoms with Crippen LogP contribution in [0.4, 0.5) is 5.69 Å². The summed E-state index contributed by atoms with van der Waals surface area (Å²) in [6.07, 6.45) is 0. The topological polar surface area (TPSA) is 68.0 Å². The monoisotopic (exact) mass is 387 g/mol. The third kappa shape index (κ3) is 3.52. The summed E-state index contributed by atoms with van der Waals surface area (Å²) in [5, 5.41) is 5.37. The highest BCUT2D eigenvalue weighted by molar-refractivity contribution is 14.1. The zero-order valence-electron chi connectivity index (χ0n) is 10.6. The molecule has 0 aliphatic carbocycles. The van der Waals surface area contributed by atoms with Crippen molar-refractivity contribution in [2.75, 3.05) is 5.32 Å². The average molecular weight is 387 g/mol. The molecule has 1 heterocycles. The van der Waals surface area contributed by atoms with Crippen LogP contribution in [0.15, 0.2) is 23.6 Å². The van der Waals surface area contributed by atoms with Gasteiger partial charge < -0.3 is 11.1 Å². The van der Waals surface area contributed by atoms with Gasteiger partial charge in [-0.15, -0.1) is 11.3 Å². The summed E-state index contributed by atoms with van der Waals surface area (Å²) in [5.74, 6) is -0.201. The Morgan fingerprint density at radius 2 is 2.26 bits per heavy atom. The van der Waals surface area contributed by atoms with Gasteiger partial charge in [-0.1, -0.05) is 0 Å². The van der Waals surface area contributed by atoms with Gasteiger partial charge in [0.25, 0.3) is 5.91 Å². The molecule has 0 spiro atoms. The van der Waals surface area contributed by atoms with Crippen molar-refractivity contribution in [1.29, 1.82) is 0 Å². The molecule has 100 valence electrons. The third-order valence-electron chi connectivity index (χ3n) is 2.58. The maximum Gasteiger partial charge on any atom is 0.275 e. The van der Waals surface area contributed by atoms with E-state index < -0.39 is 0 Å². The van der Waals surface area contributed by atoms with Gasteiger partial charge in [-0.3, -0.25) is 4.79 Å². The molecular weight excluding hydrogens is 373 g/mol. The fourth-order valence-corrected chi connectivity index (χ4v) is 2.96. The molecule has 0 aliphatic heterocycles. The first-order chi connectivity index (χ1) is 8.97. The van der Waals surface area contributed by atoms with Gasteiger partial charge in [0.05, 0.1) is 6.04 Å². The Bertz CT molecular complexity index is 610. The van der Waals surface area contributed by atoms with Crippen LogP contribution in [-0.4, -0.2) is 10.9 Å². The molecule has 0 aliphatic rings. The van der Waals surface area contributed by atoms with E-state index in [-0.39, 0.29) is 11.9 Å². The summed E-state index contributed by atoms with van der Waals surface area (Å²) in [4.78, 5) is 16.3. The van der Waals surface area contributed by atoms with Crippen molar-refractivity contribution in [2.45, 2.75) is 19.9 Å². The lowest BCUT2D eigenvalue weighted by atomic mass is 10.2. The number of anilines is 1. The van der Waals surface area contributed by atoms with E-state index in [0.29, 0.717) is 5.69 Å². The molecule has 2 rings (SSSR count). The summed E-state index contributed by atoms with van der Waals surface area (Å²) in [6.45, 7) is 3.82. The molecule has 0 fully saturated rings. The molecule has 1 aromatic heterocycles. The standard InChI is InChI=1S/C13H14IN3OS/c1-7-5-9(14)3-4-10(7)16-12(18)11-6-19-13(17-11)8(2)15/h3-6,8H,15H2,1-2H3,(H,16,18). The van der Waals surface area contributed by atoms with E-state index in [4.69, 9.17) is 5.73 Å². The third-order valence-corrected chi connectivity index (χ3v) is 4.30. The summed E-state index contributed by atoms with van der Waals surface area (Å²) in [7, 11) is 0. The van der Waals surface area contributed by atoms with Crippen LogP contribution in [0.2, 0.25) is 0 Å². The second kappa shape index (κ2) is 5.98. The number of halogens is 1. The number of aryl methyl sites for hydroxylation is 1. The Balaban J connectivity index is 2.16. The highest BCUT2D eigenvalue weighted by Crippen LogP contribution is 2.20. The van der Waals surface area contributed by atoms with Crippen LogP contribution in [0.3, 0.4) is 0 Å². The Labute approximate surface area is 129 Å². The van der Waals surface area contributed by atoms with Crippen molar-refractivity contribution in [3.8, 4) is 0 Å². The Morgan fingerprint density at radius 1 is 1.53 bits per heavy atom. The molecule has 1 unspecified atom stereocenters. The second-order valence-electron chi connectivity index (χ2n) is 4.27. The van der Waals surface area contributed by atoms with E-state index in [0.717, 1.165) is 19.8 Å². The number of aromatic nitrogens is 1. The van der Waals surface area contributed by atoms with Crippen molar-refractivity contribution in [3.05, 3.63) is 43.4 Å². The summed E-state index contributed by atoms with van der Waals surface area (Å²) < 4.78 is 1.14.